The predicted molar refractivity (Wildman–Crippen MR) is 280 cm³/mol. The second-order valence-electron chi connectivity index (χ2n) is 19.0. The molecule has 0 bridgehead atoms. The molecule has 0 aliphatic carbocycles. The lowest BCUT2D eigenvalue weighted by atomic mass is 10.1. The van der Waals surface area contributed by atoms with E-state index in [1.807, 2.05) is 12.2 Å². The van der Waals surface area contributed by atoms with Gasteiger partial charge in [0.05, 0.1) is 0 Å². The van der Waals surface area contributed by atoms with Crippen LogP contribution >= 0.6 is 0 Å². The second-order valence-corrected chi connectivity index (χ2v) is 19.0. The van der Waals surface area contributed by atoms with Crippen molar-refractivity contribution in [3.8, 4) is 0 Å². The normalized spacial score (nSPS) is 13.2. The van der Waals surface area contributed by atoms with Crippen molar-refractivity contribution >= 4 is 0 Å². The summed E-state index contributed by atoms with van der Waals surface area (Å²) in [6, 6.07) is 0. The molecular weight excluding hydrogens is 809 g/mol. The zero-order chi connectivity index (χ0) is 47.2. The van der Waals surface area contributed by atoms with Gasteiger partial charge in [0, 0.05) is 40.6 Å². The van der Waals surface area contributed by atoms with E-state index in [-0.39, 0.29) is 12.6 Å². The molecular formula is C58H114O7. The Labute approximate surface area is 406 Å². The Morgan fingerprint density at radius 2 is 0.538 bits per heavy atom. The third-order valence-corrected chi connectivity index (χ3v) is 12.6. The molecule has 388 valence electrons. The first-order chi connectivity index (χ1) is 32.1. The summed E-state index contributed by atoms with van der Waals surface area (Å²) in [6.07, 6.45) is 57.7. The van der Waals surface area contributed by atoms with E-state index in [1.165, 1.54) is 205 Å². The van der Waals surface area contributed by atoms with Crippen LogP contribution in [-0.2, 0) is 33.2 Å². The Bertz CT molecular complexity index is 820. The Morgan fingerprint density at radius 3 is 0.815 bits per heavy atom. The number of hydrogen-bond donors (Lipinski definition) is 0. The molecule has 0 aromatic carbocycles. The van der Waals surface area contributed by atoms with Gasteiger partial charge in [0.25, 0.3) is 0 Å². The van der Waals surface area contributed by atoms with Crippen LogP contribution in [0.2, 0.25) is 0 Å². The molecule has 0 saturated heterocycles. The highest BCUT2D eigenvalue weighted by atomic mass is 16.8. The van der Waals surface area contributed by atoms with Gasteiger partial charge < -0.3 is 33.2 Å². The predicted octanol–water partition coefficient (Wildman–Crippen LogP) is 18.5. The summed E-state index contributed by atoms with van der Waals surface area (Å²) < 4.78 is 42.3. The minimum atomic E-state index is -0.411. The topological polar surface area (TPSA) is 64.6 Å². The number of rotatable bonds is 56. The maximum atomic E-state index is 6.24. The fourth-order valence-electron chi connectivity index (χ4n) is 8.28. The molecule has 2 atom stereocenters. The highest BCUT2D eigenvalue weighted by Gasteiger charge is 2.12. The fourth-order valence-corrected chi connectivity index (χ4v) is 8.28. The fraction of sp³-hybridized carbons (Fsp3) is 0.931. The van der Waals surface area contributed by atoms with Gasteiger partial charge >= 0.3 is 0 Å². The molecule has 0 aromatic rings. The molecule has 0 radical (unpaired) electrons. The molecule has 0 N–H and O–H groups in total. The number of unbranched alkanes of at least 4 members (excludes halogenated alkanes) is 32. The van der Waals surface area contributed by atoms with E-state index in [2.05, 4.69) is 39.8 Å². The zero-order valence-electron chi connectivity index (χ0n) is 44.6. The number of allylic oxidation sites excluding steroid dienone is 2. The Kier molecular flexibility index (Phi) is 55.1. The van der Waals surface area contributed by atoms with Crippen molar-refractivity contribution in [3.63, 3.8) is 0 Å². The van der Waals surface area contributed by atoms with Gasteiger partial charge in [-0.15, -0.1) is 0 Å². The maximum Gasteiger partial charge on any atom is 0.179 e. The molecule has 0 saturated carbocycles. The Morgan fingerprint density at radius 1 is 0.292 bits per heavy atom. The molecule has 0 rings (SSSR count). The van der Waals surface area contributed by atoms with Crippen LogP contribution in [0.25, 0.3) is 0 Å². The number of ether oxygens (including phenoxy) is 7. The van der Waals surface area contributed by atoms with Crippen molar-refractivity contribution in [1.82, 2.24) is 0 Å². The molecule has 0 aromatic heterocycles. The first-order valence-electron chi connectivity index (χ1n) is 28.7. The van der Waals surface area contributed by atoms with E-state index in [0.29, 0.717) is 0 Å². The third-order valence-electron chi connectivity index (χ3n) is 12.6. The van der Waals surface area contributed by atoms with E-state index < -0.39 is 12.6 Å². The van der Waals surface area contributed by atoms with Crippen LogP contribution in [-0.4, -0.2) is 65.8 Å². The summed E-state index contributed by atoms with van der Waals surface area (Å²) in [7, 11) is 3.39. The minimum absolute atomic E-state index is 0.0224. The maximum absolute atomic E-state index is 6.24. The molecule has 0 aliphatic rings. The SMILES string of the molecule is CCCCCCCCOC(CCCCCCCCC=CC(OC)OC(C=CCCCCCCCCC(OCCCCCCCC)OCCCCCCCC)OC)OCCCCCCCC. The van der Waals surface area contributed by atoms with Crippen molar-refractivity contribution in [2.75, 3.05) is 40.6 Å². The van der Waals surface area contributed by atoms with Gasteiger partial charge in [-0.3, -0.25) is 0 Å². The summed E-state index contributed by atoms with van der Waals surface area (Å²) in [5, 5.41) is 0. The summed E-state index contributed by atoms with van der Waals surface area (Å²) in [4.78, 5) is 0. The molecule has 0 spiro atoms. The van der Waals surface area contributed by atoms with Gasteiger partial charge in [-0.05, 0) is 89.2 Å². The lowest BCUT2D eigenvalue weighted by Crippen LogP contribution is -2.22. The molecule has 7 heteroatoms. The average Bonchev–Trinajstić information content (AvgIpc) is 3.32. The monoisotopic (exact) mass is 923 g/mol. The molecule has 7 nitrogen and oxygen atoms in total. The van der Waals surface area contributed by atoms with Crippen molar-refractivity contribution in [3.05, 3.63) is 24.3 Å². The third kappa shape index (κ3) is 49.4. The van der Waals surface area contributed by atoms with Gasteiger partial charge in [0.15, 0.2) is 25.2 Å². The molecule has 0 fully saturated rings. The van der Waals surface area contributed by atoms with Gasteiger partial charge in [-0.1, -0.05) is 220 Å². The summed E-state index contributed by atoms with van der Waals surface area (Å²) >= 11 is 0. The molecule has 0 amide bonds. The number of hydrogen-bond acceptors (Lipinski definition) is 7. The largest absolute Gasteiger partial charge is 0.353 e. The highest BCUT2D eigenvalue weighted by Crippen LogP contribution is 2.18. The molecule has 2 unspecified atom stereocenters. The van der Waals surface area contributed by atoms with E-state index in [0.717, 1.165) is 77.8 Å². The van der Waals surface area contributed by atoms with Crippen molar-refractivity contribution < 1.29 is 33.2 Å². The first kappa shape index (κ1) is 64.2. The van der Waals surface area contributed by atoms with Gasteiger partial charge in [0.1, 0.15) is 0 Å². The van der Waals surface area contributed by atoms with Crippen LogP contribution in [0.5, 0.6) is 0 Å². The van der Waals surface area contributed by atoms with E-state index in [1.54, 1.807) is 14.2 Å². The van der Waals surface area contributed by atoms with E-state index in [4.69, 9.17) is 33.2 Å². The van der Waals surface area contributed by atoms with Crippen LogP contribution in [0, 0.1) is 0 Å². The van der Waals surface area contributed by atoms with Crippen molar-refractivity contribution in [1.29, 1.82) is 0 Å². The van der Waals surface area contributed by atoms with Crippen LogP contribution < -0.4 is 0 Å². The lowest BCUT2D eigenvalue weighted by Gasteiger charge is -2.19. The van der Waals surface area contributed by atoms with Gasteiger partial charge in [-0.2, -0.15) is 0 Å². The van der Waals surface area contributed by atoms with Crippen LogP contribution in [0.15, 0.2) is 24.3 Å². The summed E-state index contributed by atoms with van der Waals surface area (Å²) in [6.45, 7) is 12.5. The average molecular weight is 924 g/mol. The second kappa shape index (κ2) is 55.8. The van der Waals surface area contributed by atoms with Crippen molar-refractivity contribution in [2.24, 2.45) is 0 Å². The molecule has 0 aliphatic heterocycles. The number of methoxy groups -OCH3 is 2. The van der Waals surface area contributed by atoms with E-state index in [9.17, 15) is 0 Å². The summed E-state index contributed by atoms with van der Waals surface area (Å²) in [5.41, 5.74) is 0. The summed E-state index contributed by atoms with van der Waals surface area (Å²) in [5.74, 6) is 0. The Balaban J connectivity index is 4.21. The van der Waals surface area contributed by atoms with Gasteiger partial charge in [-0.25, -0.2) is 0 Å². The quantitative estimate of drug-likeness (QED) is 0.0342. The highest BCUT2D eigenvalue weighted by molar-refractivity contribution is 4.89. The van der Waals surface area contributed by atoms with Crippen LogP contribution in [0.4, 0.5) is 0 Å². The standard InChI is InChI=1S/C58H114O7/c1-7-11-15-19-35-43-51-61-57(62-52-44-36-20-16-12-8-2)49-41-33-29-25-23-27-31-39-47-55(59-5)65-56(60-6)48-40-32-28-24-26-30-34-42-50-58(63-53-45-37-21-17-13-9-3)64-54-46-38-22-18-14-10-4/h39-40,47-48,55-58H,7-38,41-46,49-54H2,1-6H3. The van der Waals surface area contributed by atoms with Crippen LogP contribution in [0.1, 0.15) is 285 Å². The smallest absolute Gasteiger partial charge is 0.179 e. The van der Waals surface area contributed by atoms with Crippen LogP contribution in [0.3, 0.4) is 0 Å². The molecule has 0 heterocycles. The van der Waals surface area contributed by atoms with E-state index >= 15 is 0 Å². The first-order valence-corrected chi connectivity index (χ1v) is 28.7. The van der Waals surface area contributed by atoms with Crippen molar-refractivity contribution in [2.45, 2.75) is 310 Å². The zero-order valence-corrected chi connectivity index (χ0v) is 44.6. The Hall–Kier alpha value is -0.800. The van der Waals surface area contributed by atoms with Gasteiger partial charge in [0.2, 0.25) is 0 Å². The minimum Gasteiger partial charge on any atom is -0.353 e. The molecule has 65 heavy (non-hydrogen) atoms. The lowest BCUT2D eigenvalue weighted by molar-refractivity contribution is -0.188.